The Kier molecular flexibility index (Phi) is 6.86. The van der Waals surface area contributed by atoms with E-state index < -0.39 is 23.2 Å². The van der Waals surface area contributed by atoms with Crippen LogP contribution in [0.15, 0.2) is 51.7 Å². The van der Waals surface area contributed by atoms with E-state index in [1.807, 2.05) is 0 Å². The van der Waals surface area contributed by atoms with Crippen LogP contribution in [0.3, 0.4) is 0 Å². The van der Waals surface area contributed by atoms with Crippen molar-refractivity contribution in [2.75, 3.05) is 33.4 Å². The molecule has 1 aromatic carbocycles. The molecule has 0 bridgehead atoms. The van der Waals surface area contributed by atoms with Crippen molar-refractivity contribution in [2.45, 2.75) is 38.4 Å². The number of alkyl halides is 3. The van der Waals surface area contributed by atoms with Crippen LogP contribution in [0.1, 0.15) is 42.4 Å². The number of rotatable bonds is 6. The van der Waals surface area contributed by atoms with Crippen molar-refractivity contribution >= 4 is 11.9 Å². The highest BCUT2D eigenvalue weighted by Gasteiger charge is 2.43. The van der Waals surface area contributed by atoms with Gasteiger partial charge in [-0.15, -0.1) is 0 Å². The number of hydrogen-bond acceptors (Lipinski definition) is 5. The van der Waals surface area contributed by atoms with Gasteiger partial charge >= 0.3 is 24.4 Å². The summed E-state index contributed by atoms with van der Waals surface area (Å²) in [5.74, 6) is -0.507. The highest BCUT2D eigenvalue weighted by Crippen LogP contribution is 2.41. The molecule has 0 saturated carbocycles. The maximum Gasteiger partial charge on any atom is 0.418 e. The highest BCUT2D eigenvalue weighted by atomic mass is 19.4. The first-order chi connectivity index (χ1) is 19.1. The zero-order chi connectivity index (χ0) is 28.2. The van der Waals surface area contributed by atoms with Crippen LogP contribution in [0, 0.1) is 23.8 Å². The van der Waals surface area contributed by atoms with Crippen molar-refractivity contribution in [2.24, 2.45) is 22.1 Å². The minimum absolute atomic E-state index is 0.0132. The standard InChI is InChI=1S/C28H30F4N6O2/c1-17-4-3-5-36(10-17)11-18-6-23(28(30,31)32)24-13-37(27(39)38(24)12-18)22-8-19(7-21(29)9-22)25(20-14-40-15-20)26-34-33-16-35(26)2/h6-9,12-13,16-17,20,25H,3-5,10-11,14-15H2,1-2H3/q+1/t17-,25+/m0/s1. The Morgan fingerprint density at radius 2 is 1.98 bits per heavy atom. The fraction of sp³-hybridized carbons (Fsp3) is 0.464. The van der Waals surface area contributed by atoms with Gasteiger partial charge in [0.1, 0.15) is 5.82 Å². The fourth-order valence-corrected chi connectivity index (χ4v) is 6.00. The summed E-state index contributed by atoms with van der Waals surface area (Å²) >= 11 is 0. The molecule has 40 heavy (non-hydrogen) atoms. The van der Waals surface area contributed by atoms with Gasteiger partial charge < -0.3 is 4.74 Å². The Bertz CT molecular complexity index is 1550. The Labute approximate surface area is 228 Å². The third kappa shape index (κ3) is 4.98. The molecular formula is C28H30F4N6O2+. The molecule has 2 atom stereocenters. The average molecular weight is 559 g/mol. The van der Waals surface area contributed by atoms with E-state index in [0.29, 0.717) is 43.0 Å². The predicted octanol–water partition coefficient (Wildman–Crippen LogP) is 4.84. The number of hydrogen-bond donors (Lipinski definition) is 0. The molecule has 8 nitrogen and oxygen atoms in total. The summed E-state index contributed by atoms with van der Waals surface area (Å²) in [4.78, 5) is 15.7. The van der Waals surface area contributed by atoms with Crippen LogP contribution < -0.4 is 5.69 Å². The maximum atomic E-state index is 15.0. The van der Waals surface area contributed by atoms with Gasteiger partial charge in [0, 0.05) is 31.4 Å². The van der Waals surface area contributed by atoms with Crippen LogP contribution in [0.25, 0.3) is 11.2 Å². The molecule has 0 spiro atoms. The van der Waals surface area contributed by atoms with Crippen LogP contribution in [0.5, 0.6) is 0 Å². The summed E-state index contributed by atoms with van der Waals surface area (Å²) in [6.45, 7) is 4.93. The second kappa shape index (κ2) is 10.2. The summed E-state index contributed by atoms with van der Waals surface area (Å²) in [7, 11) is 1.79. The Morgan fingerprint density at radius 3 is 2.62 bits per heavy atom. The van der Waals surface area contributed by atoms with E-state index in [1.165, 1.54) is 12.3 Å². The quantitative estimate of drug-likeness (QED) is 0.322. The molecule has 2 fully saturated rings. The van der Waals surface area contributed by atoms with Crippen LogP contribution >= 0.6 is 0 Å². The van der Waals surface area contributed by atoms with E-state index >= 15 is 4.39 Å². The minimum Gasteiger partial charge on any atom is -0.381 e. The molecule has 3 aliphatic rings. The maximum absolute atomic E-state index is 15.0. The zero-order valence-electron chi connectivity index (χ0n) is 22.2. The summed E-state index contributed by atoms with van der Waals surface area (Å²) in [5.41, 5.74) is -0.801. The number of ether oxygens (including phenoxy) is 1. The third-order valence-corrected chi connectivity index (χ3v) is 7.98. The molecule has 0 N–H and O–H groups in total. The lowest BCUT2D eigenvalue weighted by Gasteiger charge is -2.34. The van der Waals surface area contributed by atoms with E-state index in [9.17, 15) is 18.0 Å². The molecule has 211 valence electrons. The SMILES string of the molecule is C[C@H]1CCCN(Cc2cc(C(F)(F)F)c3cn(-c4cc(F)cc([C@@H]([C]5N=NC=[N+]5C)C5COC5)c4)c(=O)n3c2)C1. The molecule has 1 radical (unpaired) electrons. The van der Waals surface area contributed by atoms with Crippen molar-refractivity contribution in [3.05, 3.63) is 75.8 Å². The molecule has 2 aromatic heterocycles. The number of piperidine rings is 1. The van der Waals surface area contributed by atoms with Gasteiger partial charge in [0.25, 0.3) is 0 Å². The number of halogens is 4. The van der Waals surface area contributed by atoms with Crippen molar-refractivity contribution in [1.29, 1.82) is 0 Å². The van der Waals surface area contributed by atoms with E-state index in [1.54, 1.807) is 24.0 Å². The number of azo groups is 1. The van der Waals surface area contributed by atoms with Gasteiger partial charge in [-0.25, -0.2) is 13.8 Å². The topological polar surface area (TPSA) is 66.6 Å². The van der Waals surface area contributed by atoms with Crippen LogP contribution in [-0.2, 0) is 17.5 Å². The van der Waals surface area contributed by atoms with E-state index in [0.717, 1.165) is 53.2 Å². The van der Waals surface area contributed by atoms with Crippen molar-refractivity contribution in [3.63, 3.8) is 0 Å². The average Bonchev–Trinajstić information content (AvgIpc) is 3.42. The third-order valence-electron chi connectivity index (χ3n) is 7.98. The highest BCUT2D eigenvalue weighted by molar-refractivity contribution is 5.58. The summed E-state index contributed by atoms with van der Waals surface area (Å²) in [6, 6.07) is 5.26. The Balaban J connectivity index is 1.44. The van der Waals surface area contributed by atoms with Gasteiger partial charge in [-0.1, -0.05) is 6.92 Å². The molecule has 0 aliphatic carbocycles. The number of benzene rings is 1. The van der Waals surface area contributed by atoms with Gasteiger partial charge in [-0.05, 0) is 65.8 Å². The van der Waals surface area contributed by atoms with Crippen LogP contribution in [0.2, 0.25) is 0 Å². The smallest absolute Gasteiger partial charge is 0.381 e. The summed E-state index contributed by atoms with van der Waals surface area (Å²) in [5, 5.41) is 8.17. The summed E-state index contributed by atoms with van der Waals surface area (Å²) < 4.78 is 66.9. The molecular weight excluding hydrogens is 528 g/mol. The van der Waals surface area contributed by atoms with Gasteiger partial charge in [0.05, 0.1) is 48.1 Å². The molecule has 5 heterocycles. The van der Waals surface area contributed by atoms with Crippen LogP contribution in [-0.4, -0.2) is 58.1 Å². The van der Waals surface area contributed by atoms with Gasteiger partial charge in [-0.2, -0.15) is 13.2 Å². The first-order valence-corrected chi connectivity index (χ1v) is 13.4. The first kappa shape index (κ1) is 26.8. The molecule has 2 saturated heterocycles. The number of imidazole rings is 1. The number of nitrogens with zero attached hydrogens (tertiary/aromatic N) is 6. The second-order valence-electron chi connectivity index (χ2n) is 11.1. The number of likely N-dealkylation sites (tertiary alicyclic amines) is 1. The van der Waals surface area contributed by atoms with Gasteiger partial charge in [-0.3, -0.25) is 13.9 Å². The lowest BCUT2D eigenvalue weighted by atomic mass is 9.82. The van der Waals surface area contributed by atoms with Gasteiger partial charge in [0.2, 0.25) is 0 Å². The van der Waals surface area contributed by atoms with E-state index in [4.69, 9.17) is 4.74 Å². The largest absolute Gasteiger partial charge is 0.418 e. The van der Waals surface area contributed by atoms with Gasteiger partial charge in [0.15, 0.2) is 0 Å². The lowest BCUT2D eigenvalue weighted by molar-refractivity contribution is -0.481. The van der Waals surface area contributed by atoms with Crippen molar-refractivity contribution in [3.8, 4) is 5.69 Å². The molecule has 0 amide bonds. The van der Waals surface area contributed by atoms with E-state index in [2.05, 4.69) is 22.1 Å². The van der Waals surface area contributed by atoms with Crippen LogP contribution in [0.4, 0.5) is 17.6 Å². The molecule has 0 unspecified atom stereocenters. The molecule has 12 heteroatoms. The fourth-order valence-electron chi connectivity index (χ4n) is 6.00. The molecule has 3 aliphatic heterocycles. The van der Waals surface area contributed by atoms with E-state index in [-0.39, 0.29) is 23.0 Å². The Hall–Kier alpha value is -3.38. The number of likely N-dealkylation sites (N-methyl/N-ethyl adjacent to an activating group) is 1. The number of fused-ring (bicyclic) bond motifs is 1. The summed E-state index contributed by atoms with van der Waals surface area (Å²) in [6.07, 6.45) is 2.16. The van der Waals surface area contributed by atoms with Crippen molar-refractivity contribution in [1.82, 2.24) is 13.9 Å². The van der Waals surface area contributed by atoms with Crippen molar-refractivity contribution < 1.29 is 26.9 Å². The predicted molar refractivity (Wildman–Crippen MR) is 139 cm³/mol. The zero-order valence-corrected chi connectivity index (χ0v) is 22.2. The number of pyridine rings is 1. The lowest BCUT2D eigenvalue weighted by Crippen LogP contribution is -2.37. The normalized spacial score (nSPS) is 21.6. The second-order valence-corrected chi connectivity index (χ2v) is 11.1. The molecule has 6 rings (SSSR count). The monoisotopic (exact) mass is 558 g/mol. The number of aromatic nitrogens is 2. The minimum atomic E-state index is -4.68. The Morgan fingerprint density at radius 1 is 1.18 bits per heavy atom. The molecule has 3 aromatic rings. The first-order valence-electron chi connectivity index (χ1n) is 13.4.